The highest BCUT2D eigenvalue weighted by molar-refractivity contribution is 7.84. The third kappa shape index (κ3) is 11.9. The normalized spacial score (nSPS) is 11.2. The van der Waals surface area contributed by atoms with Crippen LogP contribution in [0.5, 0.6) is 0 Å². The van der Waals surface area contributed by atoms with Gasteiger partial charge in [0.25, 0.3) is 0 Å². The van der Waals surface area contributed by atoms with Gasteiger partial charge >= 0.3 is 0 Å². The van der Waals surface area contributed by atoms with Gasteiger partial charge in [0.15, 0.2) is 0 Å². The predicted octanol–water partition coefficient (Wildman–Crippen LogP) is 4.65. The summed E-state index contributed by atoms with van der Waals surface area (Å²) in [5, 5.41) is 2.93. The molecule has 0 atom stereocenters. The Labute approximate surface area is 215 Å². The molecule has 0 unspecified atom stereocenters. The Morgan fingerprint density at radius 3 is 1.64 bits per heavy atom. The molecule has 1 amide bonds. The Kier molecular flexibility index (Phi) is 11.5. The first-order valence-corrected chi connectivity index (χ1v) is 13.5. The van der Waals surface area contributed by atoms with Crippen molar-refractivity contribution in [3.8, 4) is 0 Å². The lowest BCUT2D eigenvalue weighted by Crippen LogP contribution is -2.44. The highest BCUT2D eigenvalue weighted by atomic mass is 32.2. The van der Waals surface area contributed by atoms with Crippen molar-refractivity contribution in [3.63, 3.8) is 0 Å². The van der Waals surface area contributed by atoms with Crippen LogP contribution in [0.15, 0.2) is 103 Å². The molecule has 3 rings (SSSR count). The van der Waals surface area contributed by atoms with Crippen molar-refractivity contribution in [1.82, 2.24) is 5.32 Å². The Morgan fingerprint density at radius 2 is 1.25 bits per heavy atom. The molecular weight excluding hydrogens is 472 g/mol. The van der Waals surface area contributed by atoms with E-state index in [1.807, 2.05) is 0 Å². The van der Waals surface area contributed by atoms with Crippen molar-refractivity contribution in [1.29, 1.82) is 0 Å². The highest BCUT2D eigenvalue weighted by Gasteiger charge is 2.22. The van der Waals surface area contributed by atoms with Crippen molar-refractivity contribution in [2.24, 2.45) is 0 Å². The third-order valence-corrected chi connectivity index (χ3v) is 6.24. The molecule has 6 nitrogen and oxygen atoms in total. The summed E-state index contributed by atoms with van der Waals surface area (Å²) in [5.74, 6) is -0.478. The van der Waals surface area contributed by atoms with E-state index in [1.54, 1.807) is 37.3 Å². The maximum atomic E-state index is 11.6. The summed E-state index contributed by atoms with van der Waals surface area (Å²) in [5.41, 5.74) is 3.77. The van der Waals surface area contributed by atoms with E-state index in [-0.39, 0.29) is 5.91 Å². The summed E-state index contributed by atoms with van der Waals surface area (Å²) in [4.78, 5) is 11.6. The fourth-order valence-corrected chi connectivity index (χ4v) is 4.46. The molecule has 0 aromatic heterocycles. The number of rotatable bonds is 11. The van der Waals surface area contributed by atoms with E-state index < -0.39 is 15.9 Å². The molecule has 3 aromatic carbocycles. The number of carbonyl (C=O) groups excluding carboxylic acids is 1. The number of nitrogens with zero attached hydrogens (tertiary/aromatic N) is 1. The number of quaternary nitrogens is 1. The molecule has 0 saturated heterocycles. The quantitative estimate of drug-likeness (QED) is 0.177. The molecule has 0 aliphatic rings. The highest BCUT2D eigenvalue weighted by Crippen LogP contribution is 2.18. The maximum absolute atomic E-state index is 11.6. The van der Waals surface area contributed by atoms with Crippen LogP contribution in [-0.4, -0.2) is 43.5 Å². The molecule has 0 heterocycles. The second-order valence-electron chi connectivity index (χ2n) is 9.21. The molecule has 192 valence electrons. The van der Waals surface area contributed by atoms with Crippen LogP contribution >= 0.6 is 0 Å². The standard InChI is InChI=1S/C22H28N2O.C7H8O3S/c1-19(2)22(25)23-15-10-16-24(3,17-20-11-6-4-7-12-20)18-21-13-8-5-9-14-21;8-11(9,10)6-7-4-2-1-3-5-7/h4-9,11-14H,1,10,15-18H2,2-3H3;1-5H,6H2,(H,8,9,10). The fraction of sp³-hybridized carbons (Fsp3) is 0.276. The van der Waals surface area contributed by atoms with E-state index in [0.29, 0.717) is 17.7 Å². The topological polar surface area (TPSA) is 86.3 Å². The van der Waals surface area contributed by atoms with Gasteiger partial charge in [0, 0.05) is 29.7 Å². The van der Waals surface area contributed by atoms with E-state index in [4.69, 9.17) is 0 Å². The van der Waals surface area contributed by atoms with Crippen molar-refractivity contribution in [2.75, 3.05) is 20.1 Å². The largest absolute Gasteiger partial charge is 0.748 e. The van der Waals surface area contributed by atoms with Crippen molar-refractivity contribution in [3.05, 3.63) is 120 Å². The molecule has 1 N–H and O–H groups in total. The molecule has 0 saturated carbocycles. The number of amides is 1. The number of benzene rings is 3. The van der Waals surface area contributed by atoms with Gasteiger partial charge in [-0.2, -0.15) is 0 Å². The van der Waals surface area contributed by atoms with E-state index in [1.165, 1.54) is 11.1 Å². The molecule has 0 aliphatic heterocycles. The average Bonchev–Trinajstić information content (AvgIpc) is 2.83. The zero-order valence-corrected chi connectivity index (χ0v) is 21.9. The van der Waals surface area contributed by atoms with Crippen LogP contribution in [0.2, 0.25) is 0 Å². The van der Waals surface area contributed by atoms with E-state index in [2.05, 4.69) is 79.6 Å². The second-order valence-corrected chi connectivity index (χ2v) is 10.6. The summed E-state index contributed by atoms with van der Waals surface area (Å²) < 4.78 is 31.6. The van der Waals surface area contributed by atoms with E-state index >= 15 is 0 Å². The number of nitrogens with one attached hydrogen (secondary N) is 1. The van der Waals surface area contributed by atoms with Gasteiger partial charge in [-0.3, -0.25) is 4.79 Å². The fourth-order valence-electron chi connectivity index (χ4n) is 3.85. The maximum Gasteiger partial charge on any atom is 0.246 e. The molecule has 0 bridgehead atoms. The van der Waals surface area contributed by atoms with Crippen LogP contribution in [0, 0.1) is 0 Å². The monoisotopic (exact) mass is 508 g/mol. The molecule has 0 aliphatic carbocycles. The lowest BCUT2D eigenvalue weighted by atomic mass is 10.1. The second kappa shape index (κ2) is 14.3. The van der Waals surface area contributed by atoms with Gasteiger partial charge in [-0.25, -0.2) is 8.42 Å². The Morgan fingerprint density at radius 1 is 0.833 bits per heavy atom. The van der Waals surface area contributed by atoms with E-state index in [0.717, 1.165) is 30.5 Å². The first-order valence-electron chi connectivity index (χ1n) is 11.9. The molecule has 0 radical (unpaired) electrons. The van der Waals surface area contributed by atoms with Crippen LogP contribution in [0.3, 0.4) is 0 Å². The first-order chi connectivity index (χ1) is 17.1. The van der Waals surface area contributed by atoms with Gasteiger partial charge < -0.3 is 14.4 Å². The zero-order chi connectivity index (χ0) is 26.4. The first kappa shape index (κ1) is 29.0. The summed E-state index contributed by atoms with van der Waals surface area (Å²) in [7, 11) is -1.83. The summed E-state index contributed by atoms with van der Waals surface area (Å²) in [6, 6.07) is 29.6. The molecule has 7 heteroatoms. The van der Waals surface area contributed by atoms with Gasteiger partial charge in [-0.05, 0) is 12.5 Å². The van der Waals surface area contributed by atoms with Gasteiger partial charge in [0.05, 0.1) is 29.5 Å². The van der Waals surface area contributed by atoms with Crippen LogP contribution in [0.1, 0.15) is 30.0 Å². The smallest absolute Gasteiger partial charge is 0.246 e. The van der Waals surface area contributed by atoms with Crippen LogP contribution in [0.25, 0.3) is 0 Å². The Balaban J connectivity index is 0.000000346. The molecule has 0 fully saturated rings. The summed E-state index contributed by atoms with van der Waals surface area (Å²) >= 11 is 0. The van der Waals surface area contributed by atoms with Crippen LogP contribution in [-0.2, 0) is 33.8 Å². The van der Waals surface area contributed by atoms with Crippen LogP contribution in [0.4, 0.5) is 0 Å². The summed E-state index contributed by atoms with van der Waals surface area (Å²) in [6.45, 7) is 9.05. The van der Waals surface area contributed by atoms with Gasteiger partial charge in [0.1, 0.15) is 13.1 Å². The number of hydrogen-bond donors (Lipinski definition) is 1. The Bertz CT molecular complexity index is 1140. The van der Waals surface area contributed by atoms with Crippen molar-refractivity contribution < 1.29 is 22.2 Å². The zero-order valence-electron chi connectivity index (χ0n) is 21.1. The average molecular weight is 509 g/mol. The van der Waals surface area contributed by atoms with Gasteiger partial charge in [-0.1, -0.05) is 97.6 Å². The van der Waals surface area contributed by atoms with Crippen molar-refractivity contribution >= 4 is 16.0 Å². The molecule has 36 heavy (non-hydrogen) atoms. The minimum absolute atomic E-state index is 0.0553. The van der Waals surface area contributed by atoms with Gasteiger partial charge in [-0.15, -0.1) is 0 Å². The number of hydrogen-bond acceptors (Lipinski definition) is 4. The summed E-state index contributed by atoms with van der Waals surface area (Å²) in [6.07, 6.45) is 0.940. The molecular formula is C29H36N2O4S. The number of carbonyl (C=O) groups is 1. The van der Waals surface area contributed by atoms with Gasteiger partial charge in [0.2, 0.25) is 5.91 Å². The molecule has 0 spiro atoms. The lowest BCUT2D eigenvalue weighted by Gasteiger charge is -2.35. The molecule has 3 aromatic rings. The lowest BCUT2D eigenvalue weighted by molar-refractivity contribution is -0.935. The minimum Gasteiger partial charge on any atom is -0.748 e. The Hall–Kier alpha value is -3.26. The van der Waals surface area contributed by atoms with Crippen LogP contribution < -0.4 is 5.32 Å². The predicted molar refractivity (Wildman–Crippen MR) is 144 cm³/mol. The minimum atomic E-state index is -4.13. The van der Waals surface area contributed by atoms with Crippen molar-refractivity contribution in [2.45, 2.75) is 32.2 Å². The SMILES string of the molecule is C=C(C)C(=O)NCCC[N+](C)(Cc1ccccc1)Cc1ccccc1.O=S(=O)([O-])Cc1ccccc1. The van der Waals surface area contributed by atoms with E-state index in [9.17, 15) is 17.8 Å². The third-order valence-electron chi connectivity index (χ3n) is 5.55.